The van der Waals surface area contributed by atoms with E-state index in [1.165, 1.54) is 14.2 Å². The highest BCUT2D eigenvalue weighted by Crippen LogP contribution is 2.31. The Hall–Kier alpha value is -1.86. The maximum absolute atomic E-state index is 11.2. The zero-order valence-corrected chi connectivity index (χ0v) is 11.4. The number of aliphatic hydroxyl groups excluding tert-OH is 1. The third kappa shape index (κ3) is 2.83. The summed E-state index contributed by atoms with van der Waals surface area (Å²) in [5, 5.41) is 18.8. The Kier molecular flexibility index (Phi) is 4.41. The average Bonchev–Trinajstić information content (AvgIpc) is 2.79. The molecule has 0 radical (unpaired) electrons. The largest absolute Gasteiger partial charge is 0.493 e. The van der Waals surface area contributed by atoms with E-state index in [0.717, 1.165) is 0 Å². The molecular weight excluding hydrogens is 264 g/mol. The molecule has 0 spiro atoms. The van der Waals surface area contributed by atoms with Crippen LogP contribution >= 0.6 is 0 Å². The number of methoxy groups -OCH3 is 2. The summed E-state index contributed by atoms with van der Waals surface area (Å²) in [6.07, 6.45) is 1.17. The monoisotopic (exact) mass is 282 g/mol. The lowest BCUT2D eigenvalue weighted by Gasteiger charge is -2.21. The third-order valence-corrected chi connectivity index (χ3v) is 3.39. The molecule has 2 heterocycles. The first kappa shape index (κ1) is 14.5. The quantitative estimate of drug-likeness (QED) is 0.792. The molecule has 2 unspecified atom stereocenters. The molecule has 20 heavy (non-hydrogen) atoms. The molecule has 0 aromatic carbocycles. The third-order valence-electron chi connectivity index (χ3n) is 3.39. The van der Waals surface area contributed by atoms with Crippen molar-refractivity contribution in [1.82, 2.24) is 9.88 Å². The van der Waals surface area contributed by atoms with Gasteiger partial charge < -0.3 is 19.7 Å². The van der Waals surface area contributed by atoms with Gasteiger partial charge in [-0.2, -0.15) is 0 Å². The van der Waals surface area contributed by atoms with Gasteiger partial charge in [-0.15, -0.1) is 0 Å². The Morgan fingerprint density at radius 2 is 2.25 bits per heavy atom. The van der Waals surface area contributed by atoms with Crippen molar-refractivity contribution < 1.29 is 24.5 Å². The van der Waals surface area contributed by atoms with Gasteiger partial charge in [0.15, 0.2) is 11.5 Å². The summed E-state index contributed by atoms with van der Waals surface area (Å²) in [5.74, 6) is 0.0908. The highest BCUT2D eigenvalue weighted by Gasteiger charge is 2.36. The van der Waals surface area contributed by atoms with Gasteiger partial charge in [0.1, 0.15) is 11.7 Å². The van der Waals surface area contributed by atoms with E-state index in [1.807, 2.05) is 0 Å². The van der Waals surface area contributed by atoms with E-state index in [4.69, 9.17) is 9.47 Å². The minimum atomic E-state index is -0.941. The highest BCUT2D eigenvalue weighted by molar-refractivity contribution is 5.74. The van der Waals surface area contributed by atoms with Gasteiger partial charge in [0.2, 0.25) is 0 Å². The zero-order chi connectivity index (χ0) is 14.7. The number of aliphatic carboxylic acids is 1. The van der Waals surface area contributed by atoms with Gasteiger partial charge in [-0.05, 0) is 0 Å². The molecule has 7 heteroatoms. The molecular formula is C13H18N2O5. The molecule has 0 bridgehead atoms. The maximum atomic E-state index is 11.2. The van der Waals surface area contributed by atoms with Gasteiger partial charge in [0.05, 0.1) is 20.3 Å². The number of pyridine rings is 1. The smallest absolute Gasteiger partial charge is 0.321 e. The number of likely N-dealkylation sites (tertiary alicyclic amines) is 1. The molecule has 0 amide bonds. The lowest BCUT2D eigenvalue weighted by molar-refractivity contribution is -0.142. The number of nitrogens with zero attached hydrogens (tertiary/aromatic N) is 2. The van der Waals surface area contributed by atoms with Crippen LogP contribution in [0.2, 0.25) is 0 Å². The van der Waals surface area contributed by atoms with Crippen molar-refractivity contribution in [2.24, 2.45) is 0 Å². The molecule has 1 aromatic heterocycles. The number of carbonyl (C=O) groups is 1. The van der Waals surface area contributed by atoms with Gasteiger partial charge >= 0.3 is 5.97 Å². The van der Waals surface area contributed by atoms with Crippen molar-refractivity contribution in [2.75, 3.05) is 20.8 Å². The molecule has 2 rings (SSSR count). The van der Waals surface area contributed by atoms with Gasteiger partial charge in [0.25, 0.3) is 0 Å². The SMILES string of the molecule is COc1ccnc(CN2CC(O)CC2C(=O)O)c1OC. The van der Waals surface area contributed by atoms with Crippen molar-refractivity contribution in [3.63, 3.8) is 0 Å². The summed E-state index contributed by atoms with van der Waals surface area (Å²) in [4.78, 5) is 17.1. The highest BCUT2D eigenvalue weighted by atomic mass is 16.5. The maximum Gasteiger partial charge on any atom is 0.321 e. The molecule has 7 nitrogen and oxygen atoms in total. The molecule has 1 fully saturated rings. The summed E-state index contributed by atoms with van der Waals surface area (Å²) in [6.45, 7) is 0.591. The van der Waals surface area contributed by atoms with E-state index in [1.54, 1.807) is 17.2 Å². The van der Waals surface area contributed by atoms with Crippen LogP contribution in [-0.2, 0) is 11.3 Å². The fourth-order valence-corrected chi connectivity index (χ4v) is 2.47. The van der Waals surface area contributed by atoms with Crippen molar-refractivity contribution >= 4 is 5.97 Å². The van der Waals surface area contributed by atoms with Crippen LogP contribution in [0.15, 0.2) is 12.3 Å². The average molecular weight is 282 g/mol. The number of rotatable bonds is 5. The predicted molar refractivity (Wildman–Crippen MR) is 69.8 cm³/mol. The number of β-amino-alcohol motifs (C(OH)–C–C–N with tert-alkyl or cyclic N) is 1. The molecule has 2 atom stereocenters. The van der Waals surface area contributed by atoms with E-state index < -0.39 is 18.1 Å². The van der Waals surface area contributed by atoms with Gasteiger partial charge in [-0.25, -0.2) is 0 Å². The summed E-state index contributed by atoms with van der Waals surface area (Å²) < 4.78 is 10.5. The Morgan fingerprint density at radius 3 is 2.85 bits per heavy atom. The summed E-state index contributed by atoms with van der Waals surface area (Å²) in [7, 11) is 3.04. The van der Waals surface area contributed by atoms with Crippen molar-refractivity contribution in [3.05, 3.63) is 18.0 Å². The number of carboxylic acids is 1. The Bertz CT molecular complexity index is 494. The van der Waals surface area contributed by atoms with E-state index >= 15 is 0 Å². The molecule has 1 aromatic rings. The van der Waals surface area contributed by atoms with Crippen LogP contribution in [0, 0.1) is 0 Å². The van der Waals surface area contributed by atoms with Crippen molar-refractivity contribution in [1.29, 1.82) is 0 Å². The first-order valence-electron chi connectivity index (χ1n) is 6.27. The van der Waals surface area contributed by atoms with Gasteiger partial charge in [0, 0.05) is 31.8 Å². The fourth-order valence-electron chi connectivity index (χ4n) is 2.47. The fraction of sp³-hybridized carbons (Fsp3) is 0.538. The number of ether oxygens (including phenoxy) is 2. The second-order valence-corrected chi connectivity index (χ2v) is 4.67. The summed E-state index contributed by atoms with van der Waals surface area (Å²) >= 11 is 0. The van der Waals surface area contributed by atoms with Crippen LogP contribution in [0.5, 0.6) is 11.5 Å². The minimum Gasteiger partial charge on any atom is -0.493 e. The van der Waals surface area contributed by atoms with Crippen LogP contribution in [0.4, 0.5) is 0 Å². The topological polar surface area (TPSA) is 92.1 Å². The molecule has 1 saturated heterocycles. The van der Waals surface area contributed by atoms with Crippen LogP contribution < -0.4 is 9.47 Å². The number of aromatic nitrogens is 1. The predicted octanol–water partition coefficient (Wildman–Crippen LogP) is 0.119. The number of hydrogen-bond donors (Lipinski definition) is 2. The lowest BCUT2D eigenvalue weighted by atomic mass is 10.2. The Labute approximate surface area is 116 Å². The summed E-state index contributed by atoms with van der Waals surface area (Å²) in [6, 6.07) is 0.971. The molecule has 0 saturated carbocycles. The lowest BCUT2D eigenvalue weighted by Crippen LogP contribution is -2.35. The van der Waals surface area contributed by atoms with E-state index in [-0.39, 0.29) is 13.0 Å². The van der Waals surface area contributed by atoms with Crippen LogP contribution in [0.25, 0.3) is 0 Å². The second-order valence-electron chi connectivity index (χ2n) is 4.67. The first-order chi connectivity index (χ1) is 9.56. The van der Waals surface area contributed by atoms with Crippen LogP contribution in [0.1, 0.15) is 12.1 Å². The standard InChI is InChI=1S/C13H18N2O5/c1-19-11-3-4-14-9(12(11)20-2)7-15-6-8(16)5-10(15)13(17)18/h3-4,8,10,16H,5-7H2,1-2H3,(H,17,18). The van der Waals surface area contributed by atoms with E-state index in [0.29, 0.717) is 23.7 Å². The zero-order valence-electron chi connectivity index (χ0n) is 11.4. The number of carboxylic acid groups (broad SMARTS) is 1. The van der Waals surface area contributed by atoms with E-state index in [9.17, 15) is 15.0 Å². The molecule has 0 aliphatic carbocycles. The molecule has 1 aliphatic rings. The molecule has 110 valence electrons. The minimum absolute atomic E-state index is 0.224. The van der Waals surface area contributed by atoms with Crippen molar-refractivity contribution in [3.8, 4) is 11.5 Å². The van der Waals surface area contributed by atoms with Crippen LogP contribution in [0.3, 0.4) is 0 Å². The second kappa shape index (κ2) is 6.06. The van der Waals surface area contributed by atoms with Gasteiger partial charge in [-0.3, -0.25) is 14.7 Å². The first-order valence-corrected chi connectivity index (χ1v) is 6.27. The number of hydrogen-bond acceptors (Lipinski definition) is 6. The van der Waals surface area contributed by atoms with E-state index in [2.05, 4.69) is 4.98 Å². The summed E-state index contributed by atoms with van der Waals surface area (Å²) in [5.41, 5.74) is 0.590. The van der Waals surface area contributed by atoms with Crippen molar-refractivity contribution in [2.45, 2.75) is 25.1 Å². The molecule has 2 N–H and O–H groups in total. The normalized spacial score (nSPS) is 22.8. The Balaban J connectivity index is 2.23. The van der Waals surface area contributed by atoms with Crippen LogP contribution in [-0.4, -0.2) is 59.0 Å². The number of aliphatic hydroxyl groups is 1. The van der Waals surface area contributed by atoms with Gasteiger partial charge in [-0.1, -0.05) is 0 Å². The molecule has 1 aliphatic heterocycles. The Morgan fingerprint density at radius 1 is 1.50 bits per heavy atom.